The number of anilines is 3. The topological polar surface area (TPSA) is 73.6 Å². The minimum atomic E-state index is -4.70. The average Bonchev–Trinajstić information content (AvgIpc) is 2.80. The lowest BCUT2D eigenvalue weighted by molar-refractivity contribution is -0.136. The standard InChI is InChI=1S/C23H14ClF4N5/c24-19-9-14(4-5-20(19)25)33-21-13(10-29)11-32-22-17(21)7-16(8-18(22)23(26,27)28)31-12-15-3-1-2-6-30-15/h1-9,11,31H,12H2,(H,32,33). The molecule has 0 atom stereocenters. The van der Waals surface area contributed by atoms with Crippen molar-refractivity contribution < 1.29 is 17.6 Å². The number of nitrogens with one attached hydrogen (secondary N) is 2. The van der Waals surface area contributed by atoms with E-state index in [0.717, 1.165) is 18.3 Å². The summed E-state index contributed by atoms with van der Waals surface area (Å²) >= 11 is 5.82. The summed E-state index contributed by atoms with van der Waals surface area (Å²) in [6.07, 6.45) is -2.05. The van der Waals surface area contributed by atoms with Crippen molar-refractivity contribution in [3.8, 4) is 6.07 Å². The Morgan fingerprint density at radius 2 is 1.85 bits per heavy atom. The van der Waals surface area contributed by atoms with E-state index in [1.807, 2.05) is 6.07 Å². The van der Waals surface area contributed by atoms with Gasteiger partial charge < -0.3 is 10.6 Å². The predicted octanol–water partition coefficient (Wildman–Crippen LogP) is 6.67. The molecule has 10 heteroatoms. The molecule has 2 N–H and O–H groups in total. The van der Waals surface area contributed by atoms with Crippen LogP contribution in [0.2, 0.25) is 5.02 Å². The molecule has 33 heavy (non-hydrogen) atoms. The predicted molar refractivity (Wildman–Crippen MR) is 118 cm³/mol. The van der Waals surface area contributed by atoms with Crippen LogP contribution in [-0.4, -0.2) is 9.97 Å². The zero-order chi connectivity index (χ0) is 23.6. The van der Waals surface area contributed by atoms with Gasteiger partial charge in [0.2, 0.25) is 0 Å². The van der Waals surface area contributed by atoms with Crippen molar-refractivity contribution in [3.63, 3.8) is 0 Å². The van der Waals surface area contributed by atoms with Crippen LogP contribution in [0, 0.1) is 17.1 Å². The molecule has 0 spiro atoms. The molecule has 0 saturated carbocycles. The Bertz CT molecular complexity index is 1370. The first-order valence-corrected chi connectivity index (χ1v) is 9.94. The van der Waals surface area contributed by atoms with E-state index in [9.17, 15) is 22.8 Å². The van der Waals surface area contributed by atoms with Gasteiger partial charge in [0.15, 0.2) is 0 Å². The maximum absolute atomic E-state index is 13.9. The summed E-state index contributed by atoms with van der Waals surface area (Å²) < 4.78 is 55.2. The maximum Gasteiger partial charge on any atom is 0.418 e. The van der Waals surface area contributed by atoms with Crippen molar-refractivity contribution in [2.75, 3.05) is 10.6 Å². The van der Waals surface area contributed by atoms with Crippen molar-refractivity contribution >= 4 is 39.6 Å². The fourth-order valence-corrected chi connectivity index (χ4v) is 3.43. The lowest BCUT2D eigenvalue weighted by atomic mass is 10.0. The summed E-state index contributed by atoms with van der Waals surface area (Å²) in [5.74, 6) is -0.650. The van der Waals surface area contributed by atoms with E-state index >= 15 is 0 Å². The SMILES string of the molecule is N#Cc1cnc2c(C(F)(F)F)cc(NCc3ccccn3)cc2c1Nc1ccc(F)c(Cl)c1. The molecule has 2 aromatic heterocycles. The molecule has 2 aromatic carbocycles. The van der Waals surface area contributed by atoms with Gasteiger partial charge in [-0.15, -0.1) is 0 Å². The largest absolute Gasteiger partial charge is 0.418 e. The minimum Gasteiger partial charge on any atom is -0.379 e. The van der Waals surface area contributed by atoms with Crippen molar-refractivity contribution in [2.24, 2.45) is 0 Å². The Morgan fingerprint density at radius 3 is 2.52 bits per heavy atom. The fourth-order valence-electron chi connectivity index (χ4n) is 3.25. The highest BCUT2D eigenvalue weighted by atomic mass is 35.5. The second-order valence-corrected chi connectivity index (χ2v) is 7.41. The van der Waals surface area contributed by atoms with Crippen LogP contribution in [0.15, 0.2) is 60.9 Å². The normalized spacial score (nSPS) is 11.3. The number of benzene rings is 2. The van der Waals surface area contributed by atoms with E-state index in [1.165, 1.54) is 18.2 Å². The van der Waals surface area contributed by atoms with Gasteiger partial charge >= 0.3 is 6.18 Å². The maximum atomic E-state index is 13.9. The molecule has 0 fully saturated rings. The highest BCUT2D eigenvalue weighted by molar-refractivity contribution is 6.31. The van der Waals surface area contributed by atoms with Crippen LogP contribution >= 0.6 is 11.6 Å². The van der Waals surface area contributed by atoms with E-state index in [2.05, 4.69) is 20.6 Å². The average molecular weight is 472 g/mol. The van der Waals surface area contributed by atoms with Crippen molar-refractivity contribution in [3.05, 3.63) is 88.6 Å². The number of halogens is 5. The summed E-state index contributed by atoms with van der Waals surface area (Å²) in [6, 6.07) is 13.3. The van der Waals surface area contributed by atoms with E-state index < -0.39 is 17.6 Å². The van der Waals surface area contributed by atoms with Gasteiger partial charge in [0.1, 0.15) is 11.9 Å². The summed E-state index contributed by atoms with van der Waals surface area (Å²) in [4.78, 5) is 8.05. The Kier molecular flexibility index (Phi) is 6.03. The summed E-state index contributed by atoms with van der Waals surface area (Å²) in [5.41, 5.74) is -0.0957. The zero-order valence-corrected chi connectivity index (χ0v) is 17.5. The second-order valence-electron chi connectivity index (χ2n) is 7.00. The number of hydrogen-bond acceptors (Lipinski definition) is 5. The molecule has 0 bridgehead atoms. The van der Waals surface area contributed by atoms with Gasteiger partial charge in [-0.25, -0.2) is 4.39 Å². The molecule has 0 radical (unpaired) electrons. The van der Waals surface area contributed by atoms with E-state index in [-0.39, 0.29) is 39.4 Å². The van der Waals surface area contributed by atoms with Gasteiger partial charge in [0, 0.05) is 29.2 Å². The molecule has 5 nitrogen and oxygen atoms in total. The van der Waals surface area contributed by atoms with E-state index in [4.69, 9.17) is 11.6 Å². The molecule has 4 rings (SSSR count). The highest BCUT2D eigenvalue weighted by Crippen LogP contribution is 2.40. The second kappa shape index (κ2) is 8.92. The van der Waals surface area contributed by atoms with Crippen LogP contribution in [0.4, 0.5) is 34.6 Å². The quantitative estimate of drug-likeness (QED) is 0.318. The highest BCUT2D eigenvalue weighted by Gasteiger charge is 2.34. The van der Waals surface area contributed by atoms with Crippen molar-refractivity contribution in [1.29, 1.82) is 5.26 Å². The van der Waals surface area contributed by atoms with E-state index in [1.54, 1.807) is 24.4 Å². The molecule has 2 heterocycles. The van der Waals surface area contributed by atoms with Crippen molar-refractivity contribution in [1.82, 2.24) is 9.97 Å². The third-order valence-corrected chi connectivity index (χ3v) is 5.08. The van der Waals surface area contributed by atoms with Gasteiger partial charge in [0.05, 0.1) is 39.6 Å². The fraction of sp³-hybridized carbons (Fsp3) is 0.0870. The number of alkyl halides is 3. The lowest BCUT2D eigenvalue weighted by Crippen LogP contribution is -2.10. The number of fused-ring (bicyclic) bond motifs is 1. The number of nitriles is 1. The summed E-state index contributed by atoms with van der Waals surface area (Å²) in [6.45, 7) is 0.186. The van der Waals surface area contributed by atoms with Gasteiger partial charge in [-0.3, -0.25) is 9.97 Å². The monoisotopic (exact) mass is 471 g/mol. The molecule has 0 saturated heterocycles. The molecule has 0 amide bonds. The Balaban J connectivity index is 1.86. The van der Waals surface area contributed by atoms with Crippen LogP contribution in [0.1, 0.15) is 16.8 Å². The third-order valence-electron chi connectivity index (χ3n) is 4.79. The Hall–Kier alpha value is -3.90. The number of aromatic nitrogens is 2. The van der Waals surface area contributed by atoms with Gasteiger partial charge in [-0.1, -0.05) is 17.7 Å². The van der Waals surface area contributed by atoms with Crippen molar-refractivity contribution in [2.45, 2.75) is 12.7 Å². The van der Waals surface area contributed by atoms with Crippen LogP contribution in [0.3, 0.4) is 0 Å². The summed E-state index contributed by atoms with van der Waals surface area (Å²) in [5, 5.41) is 15.3. The number of rotatable bonds is 5. The van der Waals surface area contributed by atoms with Crippen LogP contribution < -0.4 is 10.6 Å². The molecule has 0 aliphatic rings. The van der Waals surface area contributed by atoms with Gasteiger partial charge in [0.25, 0.3) is 0 Å². The molecular formula is C23H14ClF4N5. The lowest BCUT2D eigenvalue weighted by Gasteiger charge is -2.17. The first-order valence-electron chi connectivity index (χ1n) is 9.56. The molecular weight excluding hydrogens is 458 g/mol. The number of hydrogen-bond donors (Lipinski definition) is 2. The number of nitrogens with zero attached hydrogens (tertiary/aromatic N) is 3. The van der Waals surface area contributed by atoms with Gasteiger partial charge in [-0.05, 0) is 42.5 Å². The van der Waals surface area contributed by atoms with Crippen LogP contribution in [0.25, 0.3) is 10.9 Å². The Morgan fingerprint density at radius 1 is 1.03 bits per heavy atom. The number of pyridine rings is 2. The zero-order valence-electron chi connectivity index (χ0n) is 16.7. The first kappa shape index (κ1) is 22.3. The van der Waals surface area contributed by atoms with Crippen LogP contribution in [0.5, 0.6) is 0 Å². The molecule has 4 aromatic rings. The molecule has 0 aliphatic carbocycles. The molecule has 0 unspecified atom stereocenters. The molecule has 166 valence electrons. The van der Waals surface area contributed by atoms with Gasteiger partial charge in [-0.2, -0.15) is 18.4 Å². The first-order chi connectivity index (χ1) is 15.8. The smallest absolute Gasteiger partial charge is 0.379 e. The third kappa shape index (κ3) is 4.81. The van der Waals surface area contributed by atoms with E-state index in [0.29, 0.717) is 11.4 Å². The van der Waals surface area contributed by atoms with Crippen LogP contribution in [-0.2, 0) is 12.7 Å². The minimum absolute atomic E-state index is 0.0120. The summed E-state index contributed by atoms with van der Waals surface area (Å²) in [7, 11) is 0. The Labute approximate surface area is 190 Å². The molecule has 0 aliphatic heterocycles.